The summed E-state index contributed by atoms with van der Waals surface area (Å²) in [6, 6.07) is 0. The highest BCUT2D eigenvalue weighted by Gasteiger charge is 2.21. The Morgan fingerprint density at radius 1 is 1.33 bits per heavy atom. The van der Waals surface area contributed by atoms with Gasteiger partial charge in [-0.15, -0.1) is 0 Å². The first kappa shape index (κ1) is 7.84. The molecule has 0 bridgehead atoms. The number of hydrogen-bond acceptors (Lipinski definition) is 2. The normalized spacial score (nSPS) is 30.4. The van der Waals surface area contributed by atoms with Crippen LogP contribution in [0.15, 0.2) is 17.0 Å². The molecule has 0 aromatic carbocycles. The molecule has 1 aliphatic carbocycles. The van der Waals surface area contributed by atoms with E-state index in [0.717, 1.165) is 11.7 Å². The molecule has 66 valence electrons. The van der Waals surface area contributed by atoms with E-state index in [1.54, 1.807) is 0 Å². The van der Waals surface area contributed by atoms with E-state index < -0.39 is 0 Å². The quantitative estimate of drug-likeness (QED) is 0.639. The first-order valence-corrected chi connectivity index (χ1v) is 4.74. The first-order chi connectivity index (χ1) is 5.86. The van der Waals surface area contributed by atoms with Gasteiger partial charge in [0.05, 0.1) is 6.20 Å². The van der Waals surface area contributed by atoms with E-state index in [1.807, 2.05) is 6.20 Å². The van der Waals surface area contributed by atoms with Crippen LogP contribution in [0.1, 0.15) is 44.3 Å². The molecule has 1 fully saturated rings. The molecule has 2 rings (SSSR count). The summed E-state index contributed by atoms with van der Waals surface area (Å²) in [6.07, 6.45) is 8.62. The van der Waals surface area contributed by atoms with Crippen LogP contribution in [-0.4, -0.2) is 4.98 Å². The van der Waals surface area contributed by atoms with E-state index in [2.05, 4.69) is 11.9 Å². The highest BCUT2D eigenvalue weighted by Crippen LogP contribution is 2.34. The van der Waals surface area contributed by atoms with Crippen molar-refractivity contribution < 1.29 is 4.42 Å². The van der Waals surface area contributed by atoms with Crippen molar-refractivity contribution in [2.45, 2.75) is 38.5 Å². The number of hydrogen-bond donors (Lipinski definition) is 0. The number of nitrogens with zero attached hydrogens (tertiary/aromatic N) is 1. The van der Waals surface area contributed by atoms with Crippen molar-refractivity contribution in [1.82, 2.24) is 4.98 Å². The van der Waals surface area contributed by atoms with Crippen molar-refractivity contribution in [3.63, 3.8) is 0 Å². The zero-order valence-electron chi connectivity index (χ0n) is 7.49. The van der Waals surface area contributed by atoms with Crippen LogP contribution in [0.5, 0.6) is 0 Å². The molecule has 0 saturated heterocycles. The molecule has 1 saturated carbocycles. The van der Waals surface area contributed by atoms with Gasteiger partial charge in [0.2, 0.25) is 0 Å². The minimum absolute atomic E-state index is 0.642. The van der Waals surface area contributed by atoms with E-state index in [9.17, 15) is 0 Å². The summed E-state index contributed by atoms with van der Waals surface area (Å²) in [5, 5.41) is 0. The minimum Gasteiger partial charge on any atom is -0.448 e. The number of rotatable bonds is 1. The molecule has 2 heteroatoms. The zero-order valence-corrected chi connectivity index (χ0v) is 7.49. The fourth-order valence-corrected chi connectivity index (χ4v) is 1.97. The van der Waals surface area contributed by atoms with Crippen LogP contribution in [0.4, 0.5) is 0 Å². The summed E-state index contributed by atoms with van der Waals surface area (Å²) in [5.74, 6) is 2.63. The van der Waals surface area contributed by atoms with Crippen LogP contribution < -0.4 is 0 Å². The van der Waals surface area contributed by atoms with Gasteiger partial charge in [-0.1, -0.05) is 19.8 Å². The third kappa shape index (κ3) is 1.52. The lowest BCUT2D eigenvalue weighted by molar-refractivity contribution is 0.314. The largest absolute Gasteiger partial charge is 0.448 e. The van der Waals surface area contributed by atoms with E-state index in [1.165, 1.54) is 32.1 Å². The number of aromatic nitrogens is 1. The van der Waals surface area contributed by atoms with E-state index >= 15 is 0 Å². The van der Waals surface area contributed by atoms with E-state index in [0.29, 0.717) is 5.92 Å². The van der Waals surface area contributed by atoms with Gasteiger partial charge in [0.25, 0.3) is 0 Å². The maximum absolute atomic E-state index is 5.30. The Bertz CT molecular complexity index is 222. The second-order valence-electron chi connectivity index (χ2n) is 3.86. The van der Waals surface area contributed by atoms with Crippen LogP contribution in [0.2, 0.25) is 0 Å². The van der Waals surface area contributed by atoms with Gasteiger partial charge >= 0.3 is 0 Å². The Morgan fingerprint density at radius 3 is 2.67 bits per heavy atom. The summed E-state index contributed by atoms with van der Waals surface area (Å²) in [5.41, 5.74) is 0. The molecular formula is C10H15NO. The fourth-order valence-electron chi connectivity index (χ4n) is 1.97. The lowest BCUT2D eigenvalue weighted by Gasteiger charge is -2.23. The maximum Gasteiger partial charge on any atom is 0.180 e. The average Bonchev–Trinajstić information content (AvgIpc) is 2.58. The van der Waals surface area contributed by atoms with Crippen LogP contribution in [-0.2, 0) is 0 Å². The highest BCUT2D eigenvalue weighted by atomic mass is 16.3. The summed E-state index contributed by atoms with van der Waals surface area (Å²) in [7, 11) is 0. The van der Waals surface area contributed by atoms with E-state index in [4.69, 9.17) is 4.42 Å². The second-order valence-corrected chi connectivity index (χ2v) is 3.86. The lowest BCUT2D eigenvalue weighted by Crippen LogP contribution is -2.09. The molecule has 0 N–H and O–H groups in total. The predicted molar refractivity (Wildman–Crippen MR) is 46.9 cm³/mol. The molecule has 2 nitrogen and oxygen atoms in total. The Labute approximate surface area is 73.0 Å². The third-order valence-corrected chi connectivity index (χ3v) is 2.87. The van der Waals surface area contributed by atoms with Crippen molar-refractivity contribution in [3.8, 4) is 0 Å². The van der Waals surface area contributed by atoms with Gasteiger partial charge in [-0.3, -0.25) is 0 Å². The average molecular weight is 165 g/mol. The van der Waals surface area contributed by atoms with Crippen LogP contribution >= 0.6 is 0 Å². The monoisotopic (exact) mass is 165 g/mol. The minimum atomic E-state index is 0.642. The van der Waals surface area contributed by atoms with E-state index in [-0.39, 0.29) is 0 Å². The SMILES string of the molecule is CC1CCC(c2cnco2)CC1. The van der Waals surface area contributed by atoms with Crippen molar-refractivity contribution in [2.24, 2.45) is 5.92 Å². The van der Waals surface area contributed by atoms with Crippen LogP contribution in [0, 0.1) is 5.92 Å². The summed E-state index contributed by atoms with van der Waals surface area (Å²) < 4.78 is 5.30. The van der Waals surface area contributed by atoms with Gasteiger partial charge < -0.3 is 4.42 Å². The van der Waals surface area contributed by atoms with Gasteiger partial charge in [-0.25, -0.2) is 4.98 Å². The Hall–Kier alpha value is -0.790. The second kappa shape index (κ2) is 3.30. The molecule has 1 heterocycles. The van der Waals surface area contributed by atoms with Crippen molar-refractivity contribution in [2.75, 3.05) is 0 Å². The smallest absolute Gasteiger partial charge is 0.180 e. The molecule has 0 unspecified atom stereocenters. The Balaban J connectivity index is 1.99. The predicted octanol–water partition coefficient (Wildman–Crippen LogP) is 2.97. The molecule has 0 radical (unpaired) electrons. The molecule has 0 amide bonds. The molecule has 1 aromatic heterocycles. The molecular weight excluding hydrogens is 150 g/mol. The zero-order chi connectivity index (χ0) is 8.39. The van der Waals surface area contributed by atoms with Crippen LogP contribution in [0.3, 0.4) is 0 Å². The van der Waals surface area contributed by atoms with Gasteiger partial charge in [0.15, 0.2) is 6.39 Å². The standard InChI is InChI=1S/C10H15NO/c1-8-2-4-9(5-3-8)10-6-11-7-12-10/h6-9H,2-5H2,1H3. The molecule has 0 aliphatic heterocycles. The van der Waals surface area contributed by atoms with Gasteiger partial charge in [-0.2, -0.15) is 0 Å². The van der Waals surface area contributed by atoms with Crippen LogP contribution in [0.25, 0.3) is 0 Å². The van der Waals surface area contributed by atoms with Crippen molar-refractivity contribution in [1.29, 1.82) is 0 Å². The highest BCUT2D eigenvalue weighted by molar-refractivity contribution is 5.00. The van der Waals surface area contributed by atoms with Gasteiger partial charge in [-0.05, 0) is 18.8 Å². The third-order valence-electron chi connectivity index (χ3n) is 2.87. The molecule has 0 spiro atoms. The Kier molecular flexibility index (Phi) is 2.15. The topological polar surface area (TPSA) is 26.0 Å². The van der Waals surface area contributed by atoms with Crippen molar-refractivity contribution in [3.05, 3.63) is 18.4 Å². The Morgan fingerprint density at radius 2 is 2.08 bits per heavy atom. The lowest BCUT2D eigenvalue weighted by atomic mass is 9.82. The van der Waals surface area contributed by atoms with Crippen molar-refractivity contribution >= 4 is 0 Å². The number of oxazole rings is 1. The molecule has 12 heavy (non-hydrogen) atoms. The fraction of sp³-hybridized carbons (Fsp3) is 0.700. The maximum atomic E-state index is 5.30. The summed E-state index contributed by atoms with van der Waals surface area (Å²) in [4.78, 5) is 3.95. The molecule has 1 aliphatic rings. The first-order valence-electron chi connectivity index (χ1n) is 4.74. The summed E-state index contributed by atoms with van der Waals surface area (Å²) in [6.45, 7) is 2.33. The summed E-state index contributed by atoms with van der Waals surface area (Å²) >= 11 is 0. The van der Waals surface area contributed by atoms with Gasteiger partial charge in [0.1, 0.15) is 5.76 Å². The van der Waals surface area contributed by atoms with Gasteiger partial charge in [0, 0.05) is 5.92 Å². The molecule has 0 atom stereocenters. The molecule has 1 aromatic rings.